The molecule has 2 aromatic heterocycles. The largest absolute Gasteiger partial charge is 0.476 e. The van der Waals surface area contributed by atoms with Gasteiger partial charge in [0.15, 0.2) is 0 Å². The van der Waals surface area contributed by atoms with E-state index in [0.29, 0.717) is 42.2 Å². The Morgan fingerprint density at radius 3 is 2.95 bits per heavy atom. The first kappa shape index (κ1) is 23.6. The van der Waals surface area contributed by atoms with Crippen molar-refractivity contribution in [3.05, 3.63) is 52.8 Å². The number of ether oxygens (including phenoxy) is 1. The van der Waals surface area contributed by atoms with E-state index in [1.54, 1.807) is 6.20 Å². The molecule has 3 aromatic rings. The summed E-state index contributed by atoms with van der Waals surface area (Å²) in [6, 6.07) is 10.1. The molecule has 0 spiro atoms. The highest BCUT2D eigenvalue weighted by Crippen LogP contribution is 2.41. The van der Waals surface area contributed by atoms with Gasteiger partial charge in [0.05, 0.1) is 35.9 Å². The first-order valence-corrected chi connectivity index (χ1v) is 12.8. The molecule has 1 fully saturated rings. The number of nitrogens with zero attached hydrogens (tertiary/aromatic N) is 5. The first-order chi connectivity index (χ1) is 18.0. The van der Waals surface area contributed by atoms with E-state index >= 15 is 0 Å². The number of likely N-dealkylation sites (N-methyl/N-ethyl adjacent to an activating group) is 1. The Morgan fingerprint density at radius 1 is 1.30 bits per heavy atom. The number of aliphatic hydroxyl groups is 1. The summed E-state index contributed by atoms with van der Waals surface area (Å²) in [6.07, 6.45) is 5.02. The number of rotatable bonds is 7. The van der Waals surface area contributed by atoms with Crippen LogP contribution in [0.5, 0.6) is 5.88 Å². The van der Waals surface area contributed by atoms with Crippen molar-refractivity contribution >= 4 is 17.3 Å². The lowest BCUT2D eigenvalue weighted by Crippen LogP contribution is -2.28. The number of benzene rings is 1. The van der Waals surface area contributed by atoms with Crippen molar-refractivity contribution in [3.63, 3.8) is 0 Å². The highest BCUT2D eigenvalue weighted by Gasteiger charge is 2.36. The summed E-state index contributed by atoms with van der Waals surface area (Å²) in [5, 5.41) is 26.5. The van der Waals surface area contributed by atoms with Gasteiger partial charge in [-0.25, -0.2) is 15.0 Å². The summed E-state index contributed by atoms with van der Waals surface area (Å²) >= 11 is 0. The van der Waals surface area contributed by atoms with Gasteiger partial charge in [-0.1, -0.05) is 6.92 Å². The minimum atomic E-state index is -0.458. The molecule has 9 nitrogen and oxygen atoms in total. The van der Waals surface area contributed by atoms with Crippen molar-refractivity contribution in [2.45, 2.75) is 38.1 Å². The van der Waals surface area contributed by atoms with E-state index in [1.165, 1.54) is 18.4 Å². The van der Waals surface area contributed by atoms with E-state index in [1.807, 2.05) is 25.1 Å². The van der Waals surface area contributed by atoms with Gasteiger partial charge in [-0.15, -0.1) is 0 Å². The molecule has 1 unspecified atom stereocenters. The van der Waals surface area contributed by atoms with E-state index in [9.17, 15) is 10.4 Å². The lowest BCUT2D eigenvalue weighted by Gasteiger charge is -2.25. The van der Waals surface area contributed by atoms with Crippen LogP contribution in [0.1, 0.15) is 42.1 Å². The Bertz CT molecular complexity index is 1400. The molecule has 0 saturated heterocycles. The first-order valence-electron chi connectivity index (χ1n) is 12.8. The van der Waals surface area contributed by atoms with Crippen LogP contribution in [-0.2, 0) is 18.4 Å². The van der Waals surface area contributed by atoms with Crippen LogP contribution in [-0.4, -0.2) is 58.3 Å². The number of pyridine rings is 1. The predicted octanol–water partition coefficient (Wildman–Crippen LogP) is 3.61. The van der Waals surface area contributed by atoms with Crippen LogP contribution in [0.3, 0.4) is 0 Å². The summed E-state index contributed by atoms with van der Waals surface area (Å²) in [4.78, 5) is 16.4. The van der Waals surface area contributed by atoms with Crippen LogP contribution >= 0.6 is 0 Å². The van der Waals surface area contributed by atoms with Gasteiger partial charge in [-0.05, 0) is 61.2 Å². The normalized spacial score (nSPS) is 20.5. The molecule has 190 valence electrons. The maximum Gasteiger partial charge on any atom is 0.238 e. The molecule has 9 heteroatoms. The van der Waals surface area contributed by atoms with Crippen molar-refractivity contribution < 1.29 is 9.84 Å². The van der Waals surface area contributed by atoms with Crippen LogP contribution in [0.4, 0.5) is 17.3 Å². The molecule has 0 radical (unpaired) electrons. The topological polar surface area (TPSA) is 119 Å². The number of aromatic nitrogens is 3. The minimum Gasteiger partial charge on any atom is -0.476 e. The summed E-state index contributed by atoms with van der Waals surface area (Å²) in [5.74, 6) is 1.64. The number of hydrogen-bond donors (Lipinski definition) is 3. The summed E-state index contributed by atoms with van der Waals surface area (Å²) < 4.78 is 6.15. The molecule has 1 aliphatic carbocycles. The van der Waals surface area contributed by atoms with Gasteiger partial charge in [0, 0.05) is 43.2 Å². The van der Waals surface area contributed by atoms with Gasteiger partial charge < -0.3 is 25.4 Å². The highest BCUT2D eigenvalue weighted by molar-refractivity contribution is 5.76. The van der Waals surface area contributed by atoms with Gasteiger partial charge >= 0.3 is 0 Å². The molecule has 1 aromatic carbocycles. The summed E-state index contributed by atoms with van der Waals surface area (Å²) in [5.41, 5.74) is 6.32. The van der Waals surface area contributed by atoms with Gasteiger partial charge in [0.25, 0.3) is 0 Å². The molecule has 37 heavy (non-hydrogen) atoms. The molecule has 0 amide bonds. The Balaban J connectivity index is 1.34. The zero-order chi connectivity index (χ0) is 25.6. The average molecular weight is 498 g/mol. The Kier molecular flexibility index (Phi) is 5.94. The van der Waals surface area contributed by atoms with Crippen LogP contribution in [0.15, 0.2) is 30.5 Å². The fourth-order valence-corrected chi connectivity index (χ4v) is 5.04. The van der Waals surface area contributed by atoms with Crippen LogP contribution < -0.4 is 15.4 Å². The van der Waals surface area contributed by atoms with E-state index in [-0.39, 0.29) is 6.61 Å². The van der Waals surface area contributed by atoms with E-state index < -0.39 is 5.41 Å². The van der Waals surface area contributed by atoms with E-state index in [2.05, 4.69) is 39.7 Å². The van der Waals surface area contributed by atoms with E-state index in [4.69, 9.17) is 14.7 Å². The van der Waals surface area contributed by atoms with Gasteiger partial charge in [0.2, 0.25) is 11.8 Å². The standard InChI is InChI=1S/C28H31N7O2/c1-28(16-36)15-31-25-19(12-29)9-18(10-21(25)28)22-5-7-30-27(33-22)34-24-11-20-13-35(2)8-6-23(20)32-26(24)37-14-17-3-4-17/h5,7,9-11,17,31,36H,3-4,6,8,13-16H2,1-2H3,(H,30,33,34). The molecule has 3 aliphatic rings. The maximum atomic E-state index is 10.0. The molecule has 1 atom stereocenters. The molecule has 2 aliphatic heterocycles. The van der Waals surface area contributed by atoms with Gasteiger partial charge in [-0.3, -0.25) is 0 Å². The third kappa shape index (κ3) is 4.59. The fraction of sp³-hybridized carbons (Fsp3) is 0.429. The van der Waals surface area contributed by atoms with Gasteiger partial charge in [-0.2, -0.15) is 5.26 Å². The van der Waals surface area contributed by atoms with Crippen molar-refractivity contribution in [1.29, 1.82) is 5.26 Å². The maximum absolute atomic E-state index is 10.0. The van der Waals surface area contributed by atoms with Crippen molar-refractivity contribution in [2.24, 2.45) is 5.92 Å². The number of anilines is 3. The molecule has 1 saturated carbocycles. The highest BCUT2D eigenvalue weighted by atomic mass is 16.5. The number of aliphatic hydroxyl groups excluding tert-OH is 1. The molecule has 4 heterocycles. The third-order valence-corrected chi connectivity index (χ3v) is 7.59. The monoisotopic (exact) mass is 497 g/mol. The second kappa shape index (κ2) is 9.29. The molecule has 0 bridgehead atoms. The van der Waals surface area contributed by atoms with E-state index in [0.717, 1.165) is 47.7 Å². The summed E-state index contributed by atoms with van der Waals surface area (Å²) in [7, 11) is 2.11. The zero-order valence-corrected chi connectivity index (χ0v) is 21.2. The molecular formula is C28H31N7O2. The molecular weight excluding hydrogens is 466 g/mol. The Morgan fingerprint density at radius 2 is 2.16 bits per heavy atom. The second-order valence-electron chi connectivity index (χ2n) is 10.7. The Labute approximate surface area is 216 Å². The van der Waals surface area contributed by atoms with Crippen molar-refractivity contribution in [2.75, 3.05) is 44.0 Å². The van der Waals surface area contributed by atoms with Crippen LogP contribution in [0.2, 0.25) is 0 Å². The van der Waals surface area contributed by atoms with Gasteiger partial charge in [0.1, 0.15) is 11.8 Å². The van der Waals surface area contributed by atoms with Crippen LogP contribution in [0.25, 0.3) is 11.3 Å². The average Bonchev–Trinajstić information content (AvgIpc) is 3.69. The van der Waals surface area contributed by atoms with Crippen molar-refractivity contribution in [3.8, 4) is 23.2 Å². The molecule has 6 rings (SSSR count). The number of hydrogen-bond acceptors (Lipinski definition) is 9. The number of nitrogens with one attached hydrogen (secondary N) is 2. The minimum absolute atomic E-state index is 0.0119. The van der Waals surface area contributed by atoms with Crippen LogP contribution in [0, 0.1) is 17.2 Å². The zero-order valence-electron chi connectivity index (χ0n) is 21.2. The number of nitriles is 1. The SMILES string of the molecule is CN1CCc2nc(OCC3CC3)c(Nc3nccc(-c4cc(C#N)c5c(c4)C(C)(CO)CN5)n3)cc2C1. The second-order valence-corrected chi connectivity index (χ2v) is 10.7. The smallest absolute Gasteiger partial charge is 0.238 e. The number of fused-ring (bicyclic) bond motifs is 2. The quantitative estimate of drug-likeness (QED) is 0.450. The predicted molar refractivity (Wildman–Crippen MR) is 141 cm³/mol. The van der Waals surface area contributed by atoms with Crippen molar-refractivity contribution in [1.82, 2.24) is 19.9 Å². The third-order valence-electron chi connectivity index (χ3n) is 7.59. The lowest BCUT2D eigenvalue weighted by atomic mass is 9.83. The molecule has 3 N–H and O–H groups in total. The Hall–Kier alpha value is -3.74. The summed E-state index contributed by atoms with van der Waals surface area (Å²) in [6.45, 7) is 5.05. The lowest BCUT2D eigenvalue weighted by molar-refractivity contribution is 0.219. The fourth-order valence-electron chi connectivity index (χ4n) is 5.04.